The van der Waals surface area contributed by atoms with Gasteiger partial charge in [0.25, 0.3) is 0 Å². The molecule has 0 aliphatic heterocycles. The summed E-state index contributed by atoms with van der Waals surface area (Å²) in [5, 5.41) is 3.28. The molecule has 0 aromatic heterocycles. The molecular weight excluding hydrogens is 315 g/mol. The van der Waals surface area contributed by atoms with Crippen molar-refractivity contribution in [3.63, 3.8) is 0 Å². The number of Topliss-reactive ketones (excluding diaryl/α,β-unsaturated/α-hetero) is 1. The predicted molar refractivity (Wildman–Crippen MR) is 100 cm³/mol. The van der Waals surface area contributed by atoms with Crippen LogP contribution in [0.3, 0.4) is 0 Å². The van der Waals surface area contributed by atoms with Gasteiger partial charge in [-0.1, -0.05) is 43.7 Å². The van der Waals surface area contributed by atoms with Crippen LogP contribution >= 0.6 is 0 Å². The molecule has 0 aliphatic carbocycles. The zero-order valence-electron chi connectivity index (χ0n) is 15.3. The van der Waals surface area contributed by atoms with Crippen molar-refractivity contribution in [2.24, 2.45) is 0 Å². The summed E-state index contributed by atoms with van der Waals surface area (Å²) in [5.74, 6) is -0.354. The summed E-state index contributed by atoms with van der Waals surface area (Å²) in [6.07, 6.45) is 0. The van der Waals surface area contributed by atoms with Crippen LogP contribution in [0.25, 0.3) is 0 Å². The third kappa shape index (κ3) is 5.48. The van der Waals surface area contributed by atoms with E-state index in [1.165, 1.54) is 35.4 Å². The number of rotatable bonds is 9. The van der Waals surface area contributed by atoms with Gasteiger partial charge in [0, 0.05) is 18.2 Å². The molecule has 0 spiro atoms. The standard InChI is InChI=1S/C21H27FN2O/c1-4-24(5-2)20(17-8-6-16(3)7-9-17)14-23-15-21(25)18-10-12-19(22)13-11-18/h6-13,20,23H,4-5,14-15H2,1-3H3. The van der Waals surface area contributed by atoms with Gasteiger partial charge < -0.3 is 5.32 Å². The second kappa shape index (κ2) is 9.44. The molecule has 1 atom stereocenters. The van der Waals surface area contributed by atoms with E-state index in [2.05, 4.69) is 55.3 Å². The maximum Gasteiger partial charge on any atom is 0.176 e. The Kier molecular flexibility index (Phi) is 7.29. The summed E-state index contributed by atoms with van der Waals surface area (Å²) in [4.78, 5) is 14.6. The number of likely N-dealkylation sites (N-methyl/N-ethyl adjacent to an activating group) is 1. The minimum Gasteiger partial charge on any atom is -0.308 e. The first-order chi connectivity index (χ1) is 12.0. The SMILES string of the molecule is CCN(CC)C(CNCC(=O)c1ccc(F)cc1)c1ccc(C)cc1. The summed E-state index contributed by atoms with van der Waals surface area (Å²) in [6, 6.07) is 14.5. The summed E-state index contributed by atoms with van der Waals surface area (Å²) >= 11 is 0. The van der Waals surface area contributed by atoms with E-state index < -0.39 is 0 Å². The van der Waals surface area contributed by atoms with Crippen LogP contribution in [0.4, 0.5) is 4.39 Å². The van der Waals surface area contributed by atoms with Crippen molar-refractivity contribution in [3.8, 4) is 0 Å². The van der Waals surface area contributed by atoms with E-state index in [1.54, 1.807) is 0 Å². The van der Waals surface area contributed by atoms with Crippen LogP contribution < -0.4 is 5.32 Å². The van der Waals surface area contributed by atoms with Crippen LogP contribution in [0.15, 0.2) is 48.5 Å². The number of carbonyl (C=O) groups excluding carboxylic acids is 1. The Labute approximate surface area is 149 Å². The molecule has 0 fully saturated rings. The maximum absolute atomic E-state index is 13.0. The molecule has 1 N–H and O–H groups in total. The number of nitrogens with one attached hydrogen (secondary N) is 1. The molecule has 0 radical (unpaired) electrons. The highest BCUT2D eigenvalue weighted by atomic mass is 19.1. The summed E-state index contributed by atoms with van der Waals surface area (Å²) in [6.45, 7) is 9.21. The van der Waals surface area contributed by atoms with Crippen molar-refractivity contribution >= 4 is 5.78 Å². The molecular formula is C21H27FN2O. The lowest BCUT2D eigenvalue weighted by atomic mass is 10.0. The molecule has 0 bridgehead atoms. The number of benzene rings is 2. The van der Waals surface area contributed by atoms with Crippen LogP contribution in [0, 0.1) is 12.7 Å². The van der Waals surface area contributed by atoms with Crippen LogP contribution in [-0.4, -0.2) is 36.9 Å². The predicted octanol–water partition coefficient (Wildman–Crippen LogP) is 3.99. The van der Waals surface area contributed by atoms with Crippen molar-refractivity contribution < 1.29 is 9.18 Å². The van der Waals surface area contributed by atoms with E-state index in [0.29, 0.717) is 12.1 Å². The van der Waals surface area contributed by atoms with Crippen LogP contribution in [-0.2, 0) is 0 Å². The molecule has 0 saturated carbocycles. The number of ketones is 1. The smallest absolute Gasteiger partial charge is 0.176 e. The Morgan fingerprint density at radius 1 is 1.04 bits per heavy atom. The molecule has 3 nitrogen and oxygen atoms in total. The van der Waals surface area contributed by atoms with Gasteiger partial charge >= 0.3 is 0 Å². The molecule has 25 heavy (non-hydrogen) atoms. The average Bonchev–Trinajstić information content (AvgIpc) is 2.62. The first-order valence-electron chi connectivity index (χ1n) is 8.85. The Balaban J connectivity index is 2.00. The molecule has 0 amide bonds. The van der Waals surface area contributed by atoms with E-state index in [-0.39, 0.29) is 24.2 Å². The Morgan fingerprint density at radius 3 is 2.20 bits per heavy atom. The van der Waals surface area contributed by atoms with Crippen molar-refractivity contribution in [2.75, 3.05) is 26.2 Å². The largest absolute Gasteiger partial charge is 0.308 e. The zero-order valence-corrected chi connectivity index (χ0v) is 15.3. The lowest BCUT2D eigenvalue weighted by Crippen LogP contribution is -2.37. The molecule has 2 rings (SSSR count). The van der Waals surface area contributed by atoms with E-state index >= 15 is 0 Å². The molecule has 134 valence electrons. The molecule has 1 unspecified atom stereocenters. The van der Waals surface area contributed by atoms with Gasteiger partial charge in [0.1, 0.15) is 5.82 Å². The van der Waals surface area contributed by atoms with Crippen LogP contribution in [0.1, 0.15) is 41.4 Å². The molecule has 2 aromatic carbocycles. The van der Waals surface area contributed by atoms with E-state index in [4.69, 9.17) is 0 Å². The van der Waals surface area contributed by atoms with Crippen LogP contribution in [0.5, 0.6) is 0 Å². The van der Waals surface area contributed by atoms with Gasteiger partial charge in [-0.2, -0.15) is 0 Å². The average molecular weight is 342 g/mol. The van der Waals surface area contributed by atoms with Gasteiger partial charge in [0.15, 0.2) is 5.78 Å². The summed E-state index contributed by atoms with van der Waals surface area (Å²) in [5.41, 5.74) is 3.01. The van der Waals surface area contributed by atoms with E-state index in [9.17, 15) is 9.18 Å². The molecule has 4 heteroatoms. The van der Waals surface area contributed by atoms with Gasteiger partial charge in [0.2, 0.25) is 0 Å². The second-order valence-corrected chi connectivity index (χ2v) is 6.21. The highest BCUT2D eigenvalue weighted by molar-refractivity contribution is 5.97. The lowest BCUT2D eigenvalue weighted by molar-refractivity contribution is 0.0987. The number of carbonyl (C=O) groups is 1. The summed E-state index contributed by atoms with van der Waals surface area (Å²) in [7, 11) is 0. The number of nitrogens with zero attached hydrogens (tertiary/aromatic N) is 1. The van der Waals surface area contributed by atoms with Gasteiger partial charge in [-0.15, -0.1) is 0 Å². The van der Waals surface area contributed by atoms with Gasteiger partial charge in [-0.3, -0.25) is 9.69 Å². The zero-order chi connectivity index (χ0) is 18.2. The van der Waals surface area contributed by atoms with Crippen molar-refractivity contribution in [2.45, 2.75) is 26.8 Å². The fourth-order valence-corrected chi connectivity index (χ4v) is 2.97. The number of aryl methyl sites for hydroxylation is 1. The topological polar surface area (TPSA) is 32.3 Å². The lowest BCUT2D eigenvalue weighted by Gasteiger charge is -2.30. The molecule has 2 aromatic rings. The fourth-order valence-electron chi connectivity index (χ4n) is 2.97. The minimum atomic E-state index is -0.328. The van der Waals surface area contributed by atoms with Crippen molar-refractivity contribution in [1.29, 1.82) is 0 Å². The first-order valence-corrected chi connectivity index (χ1v) is 8.85. The molecule has 0 aliphatic rings. The van der Waals surface area contributed by atoms with Gasteiger partial charge in [0.05, 0.1) is 6.54 Å². The monoisotopic (exact) mass is 342 g/mol. The Hall–Kier alpha value is -2.04. The van der Waals surface area contributed by atoms with E-state index in [0.717, 1.165) is 13.1 Å². The Morgan fingerprint density at radius 2 is 1.64 bits per heavy atom. The number of hydrogen-bond acceptors (Lipinski definition) is 3. The Bertz CT molecular complexity index is 663. The minimum absolute atomic E-state index is 0.0257. The highest BCUT2D eigenvalue weighted by Crippen LogP contribution is 2.20. The second-order valence-electron chi connectivity index (χ2n) is 6.21. The highest BCUT2D eigenvalue weighted by Gasteiger charge is 2.18. The number of halogens is 1. The van der Waals surface area contributed by atoms with Crippen LogP contribution in [0.2, 0.25) is 0 Å². The first kappa shape index (κ1) is 19.3. The van der Waals surface area contributed by atoms with Gasteiger partial charge in [-0.25, -0.2) is 4.39 Å². The van der Waals surface area contributed by atoms with Crippen molar-refractivity contribution in [3.05, 3.63) is 71.0 Å². The molecule has 0 saturated heterocycles. The fraction of sp³-hybridized carbons (Fsp3) is 0.381. The number of hydrogen-bond donors (Lipinski definition) is 1. The third-order valence-corrected chi connectivity index (χ3v) is 4.50. The maximum atomic E-state index is 13.0. The third-order valence-electron chi connectivity index (χ3n) is 4.50. The van der Waals surface area contributed by atoms with E-state index in [1.807, 2.05) is 0 Å². The summed E-state index contributed by atoms with van der Waals surface area (Å²) < 4.78 is 13.0. The molecule has 0 heterocycles. The normalized spacial score (nSPS) is 12.4. The van der Waals surface area contributed by atoms with Gasteiger partial charge in [-0.05, 0) is 49.8 Å². The van der Waals surface area contributed by atoms with Crippen molar-refractivity contribution in [1.82, 2.24) is 10.2 Å². The quantitative estimate of drug-likeness (QED) is 0.699.